The maximum absolute atomic E-state index is 12.6. The minimum atomic E-state index is -0.186. The lowest BCUT2D eigenvalue weighted by Crippen LogP contribution is -2.34. The molecule has 1 saturated carbocycles. The fraction of sp³-hybridized carbons (Fsp3) is 0.381. The van der Waals surface area contributed by atoms with Crippen molar-refractivity contribution in [2.75, 3.05) is 11.4 Å². The molecule has 5 rings (SSSR count). The SMILES string of the molecule is O=C1Cc2ncc(-c3cnc4[nH]cc(Cl)c4c3)cc2N1CC1CCC(O)CC1. The molecule has 6 nitrogen and oxygen atoms in total. The molecule has 2 N–H and O–H groups in total. The summed E-state index contributed by atoms with van der Waals surface area (Å²) < 4.78 is 0. The monoisotopic (exact) mass is 396 g/mol. The lowest BCUT2D eigenvalue weighted by atomic mass is 9.87. The van der Waals surface area contributed by atoms with Crippen molar-refractivity contribution >= 4 is 34.2 Å². The molecule has 0 unspecified atom stereocenters. The molecule has 2 aliphatic rings. The van der Waals surface area contributed by atoms with Crippen LogP contribution in [0.3, 0.4) is 0 Å². The van der Waals surface area contributed by atoms with Gasteiger partial charge in [0.1, 0.15) is 5.65 Å². The second-order valence-electron chi connectivity index (χ2n) is 7.80. The Bertz CT molecular complexity index is 1060. The zero-order valence-electron chi connectivity index (χ0n) is 15.4. The van der Waals surface area contributed by atoms with Crippen molar-refractivity contribution in [2.45, 2.75) is 38.2 Å². The van der Waals surface area contributed by atoms with Crippen molar-refractivity contribution in [3.8, 4) is 11.1 Å². The zero-order chi connectivity index (χ0) is 19.3. The van der Waals surface area contributed by atoms with E-state index >= 15 is 0 Å². The number of rotatable bonds is 3. The van der Waals surface area contributed by atoms with E-state index in [0.717, 1.165) is 59.2 Å². The predicted octanol–water partition coefficient (Wildman–Crippen LogP) is 3.72. The molecule has 3 aromatic heterocycles. The molecule has 3 aromatic rings. The molecule has 1 aliphatic carbocycles. The van der Waals surface area contributed by atoms with E-state index in [4.69, 9.17) is 11.6 Å². The topological polar surface area (TPSA) is 82.1 Å². The number of halogens is 1. The summed E-state index contributed by atoms with van der Waals surface area (Å²) in [5.74, 6) is 0.534. The molecule has 28 heavy (non-hydrogen) atoms. The number of aliphatic hydroxyl groups excluding tert-OH is 1. The average molecular weight is 397 g/mol. The van der Waals surface area contributed by atoms with E-state index in [-0.39, 0.29) is 12.0 Å². The Morgan fingerprint density at radius 2 is 1.89 bits per heavy atom. The summed E-state index contributed by atoms with van der Waals surface area (Å²) in [6, 6.07) is 4.03. The van der Waals surface area contributed by atoms with Crippen LogP contribution in [0.5, 0.6) is 0 Å². The number of fused-ring (bicyclic) bond motifs is 2. The molecule has 0 atom stereocenters. The predicted molar refractivity (Wildman–Crippen MR) is 108 cm³/mol. The van der Waals surface area contributed by atoms with Crippen LogP contribution >= 0.6 is 11.6 Å². The van der Waals surface area contributed by atoms with Gasteiger partial charge in [-0.1, -0.05) is 11.6 Å². The number of amides is 1. The number of aromatic amines is 1. The number of pyridine rings is 2. The van der Waals surface area contributed by atoms with Crippen LogP contribution < -0.4 is 4.90 Å². The number of hydrogen-bond donors (Lipinski definition) is 2. The number of aliphatic hydroxyl groups is 1. The van der Waals surface area contributed by atoms with E-state index in [0.29, 0.717) is 23.9 Å². The first-order valence-electron chi connectivity index (χ1n) is 9.69. The Balaban J connectivity index is 1.46. The highest BCUT2D eigenvalue weighted by Crippen LogP contribution is 2.35. The summed E-state index contributed by atoms with van der Waals surface area (Å²) >= 11 is 6.23. The molecular weight excluding hydrogens is 376 g/mol. The molecule has 4 heterocycles. The third-order valence-corrected chi connectivity index (χ3v) is 6.24. The average Bonchev–Trinajstić information content (AvgIpc) is 3.23. The van der Waals surface area contributed by atoms with E-state index < -0.39 is 0 Å². The van der Waals surface area contributed by atoms with E-state index in [9.17, 15) is 9.90 Å². The largest absolute Gasteiger partial charge is 0.393 e. The van der Waals surface area contributed by atoms with Crippen LogP contribution in [0, 0.1) is 5.92 Å². The fourth-order valence-corrected chi connectivity index (χ4v) is 4.50. The van der Waals surface area contributed by atoms with Crippen LogP contribution in [-0.2, 0) is 11.2 Å². The lowest BCUT2D eigenvalue weighted by molar-refractivity contribution is -0.117. The van der Waals surface area contributed by atoms with Gasteiger partial charge in [0.25, 0.3) is 0 Å². The van der Waals surface area contributed by atoms with E-state index in [1.165, 1.54) is 0 Å². The van der Waals surface area contributed by atoms with Gasteiger partial charge in [-0.2, -0.15) is 0 Å². The summed E-state index contributed by atoms with van der Waals surface area (Å²) in [5.41, 5.74) is 4.32. The second-order valence-corrected chi connectivity index (χ2v) is 8.21. The van der Waals surface area contributed by atoms with Crippen molar-refractivity contribution in [1.82, 2.24) is 15.0 Å². The highest BCUT2D eigenvalue weighted by atomic mass is 35.5. The van der Waals surface area contributed by atoms with Crippen molar-refractivity contribution in [2.24, 2.45) is 5.92 Å². The molecular formula is C21H21ClN4O2. The van der Waals surface area contributed by atoms with E-state index in [1.54, 1.807) is 18.6 Å². The molecule has 0 saturated heterocycles. The van der Waals surface area contributed by atoms with Gasteiger partial charge in [0.2, 0.25) is 5.91 Å². The van der Waals surface area contributed by atoms with Gasteiger partial charge in [0.05, 0.1) is 28.9 Å². The minimum Gasteiger partial charge on any atom is -0.393 e. The quantitative estimate of drug-likeness (QED) is 0.706. The first kappa shape index (κ1) is 17.6. The molecule has 1 fully saturated rings. The van der Waals surface area contributed by atoms with Gasteiger partial charge in [-0.3, -0.25) is 9.78 Å². The van der Waals surface area contributed by atoms with E-state index in [2.05, 4.69) is 15.0 Å². The molecule has 7 heteroatoms. The first-order chi connectivity index (χ1) is 13.6. The summed E-state index contributed by atoms with van der Waals surface area (Å²) in [6.07, 6.45) is 9.05. The van der Waals surface area contributed by atoms with Gasteiger partial charge < -0.3 is 15.0 Å². The Hall–Kier alpha value is -2.44. The number of H-pyrrole nitrogens is 1. The molecule has 1 amide bonds. The van der Waals surface area contributed by atoms with Crippen LogP contribution in [0.25, 0.3) is 22.2 Å². The summed E-state index contributed by atoms with van der Waals surface area (Å²) in [4.78, 5) is 26.5. The van der Waals surface area contributed by atoms with E-state index in [1.807, 2.05) is 17.0 Å². The summed E-state index contributed by atoms with van der Waals surface area (Å²) in [7, 11) is 0. The highest BCUT2D eigenvalue weighted by Gasteiger charge is 2.32. The third kappa shape index (κ3) is 3.06. The van der Waals surface area contributed by atoms with Gasteiger partial charge >= 0.3 is 0 Å². The Kier molecular flexibility index (Phi) is 4.33. The van der Waals surface area contributed by atoms with Gasteiger partial charge in [-0.15, -0.1) is 0 Å². The molecule has 0 bridgehead atoms. The van der Waals surface area contributed by atoms with Crippen LogP contribution in [0.2, 0.25) is 5.02 Å². The van der Waals surface area contributed by atoms with Gasteiger partial charge in [-0.05, 0) is 43.7 Å². The Labute approximate surface area is 167 Å². The second kappa shape index (κ2) is 6.87. The van der Waals surface area contributed by atoms with Crippen molar-refractivity contribution in [3.05, 3.63) is 41.4 Å². The Morgan fingerprint density at radius 1 is 1.14 bits per heavy atom. The smallest absolute Gasteiger partial charge is 0.233 e. The van der Waals surface area contributed by atoms with Crippen LogP contribution in [0.1, 0.15) is 31.4 Å². The van der Waals surface area contributed by atoms with Crippen LogP contribution in [0.4, 0.5) is 5.69 Å². The number of nitrogens with zero attached hydrogens (tertiary/aromatic N) is 3. The number of carbonyl (C=O) groups excluding carboxylic acids is 1. The Morgan fingerprint density at radius 3 is 2.71 bits per heavy atom. The van der Waals surface area contributed by atoms with Crippen LogP contribution in [-0.4, -0.2) is 38.6 Å². The van der Waals surface area contributed by atoms with Crippen molar-refractivity contribution < 1.29 is 9.90 Å². The zero-order valence-corrected chi connectivity index (χ0v) is 16.1. The van der Waals surface area contributed by atoms with Crippen molar-refractivity contribution in [3.63, 3.8) is 0 Å². The molecule has 0 radical (unpaired) electrons. The minimum absolute atomic E-state index is 0.105. The first-order valence-corrected chi connectivity index (χ1v) is 10.1. The normalized spacial score (nSPS) is 22.1. The van der Waals surface area contributed by atoms with Gasteiger partial charge in [-0.25, -0.2) is 4.98 Å². The number of hydrogen-bond acceptors (Lipinski definition) is 4. The van der Waals surface area contributed by atoms with Gasteiger partial charge in [0, 0.05) is 41.6 Å². The number of nitrogens with one attached hydrogen (secondary N) is 1. The number of anilines is 1. The lowest BCUT2D eigenvalue weighted by Gasteiger charge is -2.29. The molecule has 0 spiro atoms. The van der Waals surface area contributed by atoms with Crippen molar-refractivity contribution in [1.29, 1.82) is 0 Å². The molecule has 0 aromatic carbocycles. The summed E-state index contributed by atoms with van der Waals surface area (Å²) in [5, 5.41) is 11.2. The highest BCUT2D eigenvalue weighted by molar-refractivity contribution is 6.35. The summed E-state index contributed by atoms with van der Waals surface area (Å²) in [6.45, 7) is 0.699. The van der Waals surface area contributed by atoms with Crippen LogP contribution in [0.15, 0.2) is 30.7 Å². The molecule has 1 aliphatic heterocycles. The van der Waals surface area contributed by atoms with Gasteiger partial charge in [0.15, 0.2) is 0 Å². The molecule has 144 valence electrons. The standard InChI is InChI=1S/C21H21ClN4O2/c22-17-10-25-21-16(17)5-13(9-24-21)14-6-19-18(23-8-14)7-20(28)26(19)11-12-1-3-15(27)4-2-12/h5-6,8-10,12,15,27H,1-4,7,11H2,(H,24,25). The maximum atomic E-state index is 12.6. The fourth-order valence-electron chi connectivity index (χ4n) is 4.30. The maximum Gasteiger partial charge on any atom is 0.233 e. The third-order valence-electron chi connectivity index (χ3n) is 5.93. The number of aromatic nitrogens is 3. The number of carbonyl (C=O) groups is 1.